The van der Waals surface area contributed by atoms with Crippen LogP contribution in [0.4, 0.5) is 10.1 Å². The van der Waals surface area contributed by atoms with Gasteiger partial charge in [-0.3, -0.25) is 18.8 Å². The van der Waals surface area contributed by atoms with E-state index in [0.29, 0.717) is 10.1 Å². The van der Waals surface area contributed by atoms with Gasteiger partial charge in [-0.2, -0.15) is 0 Å². The van der Waals surface area contributed by atoms with Crippen LogP contribution < -0.4 is 5.69 Å². The zero-order valence-electron chi connectivity index (χ0n) is 15.5. The third-order valence-electron chi connectivity index (χ3n) is 4.67. The molecule has 0 bridgehead atoms. The van der Waals surface area contributed by atoms with Crippen LogP contribution in [-0.4, -0.2) is 32.2 Å². The molecular formula is C20H17FN4O2S. The number of rotatable bonds is 2. The molecule has 3 aromatic rings. The zero-order valence-corrected chi connectivity index (χ0v) is 16.3. The van der Waals surface area contributed by atoms with Crippen molar-refractivity contribution < 1.29 is 9.18 Å². The van der Waals surface area contributed by atoms with Gasteiger partial charge in [0.15, 0.2) is 5.17 Å². The average molecular weight is 396 g/mol. The maximum atomic E-state index is 13.9. The Kier molecular flexibility index (Phi) is 4.43. The van der Waals surface area contributed by atoms with E-state index in [-0.39, 0.29) is 17.3 Å². The summed E-state index contributed by atoms with van der Waals surface area (Å²) in [6.45, 7) is 0. The Balaban J connectivity index is 1.72. The van der Waals surface area contributed by atoms with Gasteiger partial charge in [0.25, 0.3) is 5.91 Å². The second-order valence-corrected chi connectivity index (χ2v) is 7.48. The molecule has 1 amide bonds. The van der Waals surface area contributed by atoms with E-state index in [0.717, 1.165) is 16.6 Å². The summed E-state index contributed by atoms with van der Waals surface area (Å²) in [6, 6.07) is 11.8. The molecule has 0 radical (unpaired) electrons. The first-order valence-corrected chi connectivity index (χ1v) is 9.35. The number of aliphatic imine (C=N–C) groups is 1. The summed E-state index contributed by atoms with van der Waals surface area (Å²) in [7, 11) is 5.05. The maximum Gasteiger partial charge on any atom is 0.328 e. The number of halogens is 1. The van der Waals surface area contributed by atoms with Gasteiger partial charge in [-0.1, -0.05) is 18.2 Å². The van der Waals surface area contributed by atoms with Crippen LogP contribution in [0.25, 0.3) is 17.1 Å². The molecule has 2 aromatic carbocycles. The molecule has 142 valence electrons. The summed E-state index contributed by atoms with van der Waals surface area (Å²) in [4.78, 5) is 30.8. The number of hydrogen-bond acceptors (Lipinski definition) is 4. The van der Waals surface area contributed by atoms with Gasteiger partial charge < -0.3 is 0 Å². The van der Waals surface area contributed by atoms with E-state index in [1.165, 1.54) is 22.7 Å². The van der Waals surface area contributed by atoms with E-state index >= 15 is 0 Å². The fourth-order valence-electron chi connectivity index (χ4n) is 3.06. The molecule has 4 rings (SSSR count). The summed E-state index contributed by atoms with van der Waals surface area (Å²) >= 11 is 1.19. The number of imidazole rings is 1. The molecule has 28 heavy (non-hydrogen) atoms. The summed E-state index contributed by atoms with van der Waals surface area (Å²) in [5.41, 5.74) is 2.48. The number of para-hydroxylation sites is 1. The minimum absolute atomic E-state index is 0.106. The summed E-state index contributed by atoms with van der Waals surface area (Å²) < 4.78 is 17.0. The summed E-state index contributed by atoms with van der Waals surface area (Å²) in [5, 5.41) is 0.412. The molecule has 0 saturated carbocycles. The number of amidine groups is 1. The van der Waals surface area contributed by atoms with Gasteiger partial charge in [0.05, 0.1) is 15.9 Å². The van der Waals surface area contributed by atoms with Crippen LogP contribution in [0.5, 0.6) is 0 Å². The van der Waals surface area contributed by atoms with Gasteiger partial charge >= 0.3 is 5.69 Å². The Bertz CT molecular complexity index is 1240. The topological polar surface area (TPSA) is 59.6 Å². The van der Waals surface area contributed by atoms with Crippen molar-refractivity contribution in [1.82, 2.24) is 14.0 Å². The third kappa shape index (κ3) is 2.95. The SMILES string of the molecule is CN1C(=O)/C(=C\c2ccc3c(c2)n(C)c(=O)n3C)SC1=Nc1ccccc1F. The Morgan fingerprint density at radius 3 is 2.46 bits per heavy atom. The lowest BCUT2D eigenvalue weighted by atomic mass is 10.2. The van der Waals surface area contributed by atoms with Crippen LogP contribution in [0.1, 0.15) is 5.56 Å². The van der Waals surface area contributed by atoms with Gasteiger partial charge in [0.2, 0.25) is 0 Å². The van der Waals surface area contributed by atoms with E-state index in [1.807, 2.05) is 18.2 Å². The Morgan fingerprint density at radius 1 is 1.00 bits per heavy atom. The van der Waals surface area contributed by atoms with Crippen LogP contribution >= 0.6 is 11.8 Å². The van der Waals surface area contributed by atoms with Crippen molar-refractivity contribution in [2.24, 2.45) is 19.1 Å². The van der Waals surface area contributed by atoms with Crippen LogP contribution in [0.15, 0.2) is 57.2 Å². The fraction of sp³-hybridized carbons (Fsp3) is 0.150. The largest absolute Gasteiger partial charge is 0.328 e. The number of likely N-dealkylation sites (N-methyl/N-ethyl adjacent to an activating group) is 1. The van der Waals surface area contributed by atoms with Gasteiger partial charge in [-0.05, 0) is 47.7 Å². The number of hydrogen-bond donors (Lipinski definition) is 0. The van der Waals surface area contributed by atoms with Crippen molar-refractivity contribution in [3.8, 4) is 0 Å². The molecule has 1 aromatic heterocycles. The molecule has 1 aliphatic rings. The minimum Gasteiger partial charge on any atom is -0.295 e. The molecule has 0 atom stereocenters. The maximum absolute atomic E-state index is 13.9. The number of aryl methyl sites for hydroxylation is 2. The number of amides is 1. The third-order valence-corrected chi connectivity index (χ3v) is 5.73. The molecule has 1 aliphatic heterocycles. The van der Waals surface area contributed by atoms with Gasteiger partial charge in [0.1, 0.15) is 11.5 Å². The fourth-order valence-corrected chi connectivity index (χ4v) is 4.04. The zero-order chi connectivity index (χ0) is 20.0. The molecule has 1 fully saturated rings. The first kappa shape index (κ1) is 18.2. The Hall–Kier alpha value is -3.13. The van der Waals surface area contributed by atoms with Gasteiger partial charge in [0, 0.05) is 21.1 Å². The van der Waals surface area contributed by atoms with Crippen LogP contribution in [0, 0.1) is 5.82 Å². The number of aromatic nitrogens is 2. The highest BCUT2D eigenvalue weighted by Gasteiger charge is 2.30. The number of carbonyl (C=O) groups is 1. The Morgan fingerprint density at radius 2 is 1.71 bits per heavy atom. The highest BCUT2D eigenvalue weighted by molar-refractivity contribution is 8.18. The lowest BCUT2D eigenvalue weighted by Crippen LogP contribution is -2.23. The Labute approximate surface area is 164 Å². The van der Waals surface area contributed by atoms with E-state index in [9.17, 15) is 14.0 Å². The van der Waals surface area contributed by atoms with E-state index in [1.54, 1.807) is 54.6 Å². The minimum atomic E-state index is -0.440. The highest BCUT2D eigenvalue weighted by Crippen LogP contribution is 2.33. The van der Waals surface area contributed by atoms with Crippen LogP contribution in [0.2, 0.25) is 0 Å². The smallest absolute Gasteiger partial charge is 0.295 e. The van der Waals surface area contributed by atoms with Crippen molar-refractivity contribution in [2.45, 2.75) is 0 Å². The van der Waals surface area contributed by atoms with E-state index in [2.05, 4.69) is 4.99 Å². The molecule has 1 saturated heterocycles. The predicted molar refractivity (Wildman–Crippen MR) is 110 cm³/mol. The standard InChI is InChI=1S/C20H17FN4O2S/c1-23-15-9-8-12(10-16(15)24(2)20(23)27)11-17-18(26)25(3)19(28-17)22-14-7-5-4-6-13(14)21/h4-11H,1-3H3/b17-11+,22-19?. The first-order chi connectivity index (χ1) is 13.4. The summed E-state index contributed by atoms with van der Waals surface area (Å²) in [6.07, 6.45) is 1.75. The highest BCUT2D eigenvalue weighted by atomic mass is 32.2. The number of benzene rings is 2. The van der Waals surface area contributed by atoms with Crippen LogP contribution in [0.3, 0.4) is 0 Å². The van der Waals surface area contributed by atoms with E-state index < -0.39 is 5.82 Å². The lowest BCUT2D eigenvalue weighted by Gasteiger charge is -2.07. The van der Waals surface area contributed by atoms with E-state index in [4.69, 9.17) is 0 Å². The number of carbonyl (C=O) groups excluding carboxylic acids is 1. The molecule has 8 heteroatoms. The van der Waals surface area contributed by atoms with Crippen LogP contribution in [-0.2, 0) is 18.9 Å². The first-order valence-electron chi connectivity index (χ1n) is 8.53. The second kappa shape index (κ2) is 6.79. The number of fused-ring (bicyclic) bond motifs is 1. The average Bonchev–Trinajstić information content (AvgIpc) is 3.07. The molecular weight excluding hydrogens is 379 g/mol. The van der Waals surface area contributed by atoms with Crippen molar-refractivity contribution in [1.29, 1.82) is 0 Å². The quantitative estimate of drug-likeness (QED) is 0.625. The van der Waals surface area contributed by atoms with Crippen molar-refractivity contribution in [3.63, 3.8) is 0 Å². The number of thioether (sulfide) groups is 1. The second-order valence-electron chi connectivity index (χ2n) is 6.47. The van der Waals surface area contributed by atoms with Gasteiger partial charge in [-0.25, -0.2) is 14.2 Å². The van der Waals surface area contributed by atoms with Gasteiger partial charge in [-0.15, -0.1) is 0 Å². The predicted octanol–water partition coefficient (Wildman–Crippen LogP) is 3.25. The molecule has 6 nitrogen and oxygen atoms in total. The number of nitrogens with zero attached hydrogens (tertiary/aromatic N) is 4. The normalized spacial score (nSPS) is 17.4. The monoisotopic (exact) mass is 396 g/mol. The molecule has 2 heterocycles. The molecule has 0 spiro atoms. The molecule has 0 aliphatic carbocycles. The van der Waals surface area contributed by atoms with Crippen molar-refractivity contribution in [3.05, 3.63) is 69.2 Å². The molecule has 0 unspecified atom stereocenters. The van der Waals surface area contributed by atoms with Crippen molar-refractivity contribution in [2.75, 3.05) is 7.05 Å². The van der Waals surface area contributed by atoms with Crippen molar-refractivity contribution >= 4 is 45.6 Å². The lowest BCUT2D eigenvalue weighted by molar-refractivity contribution is -0.121. The summed E-state index contributed by atoms with van der Waals surface area (Å²) in [5.74, 6) is -0.647. The molecule has 0 N–H and O–H groups in total.